The van der Waals surface area contributed by atoms with Gasteiger partial charge in [-0.15, -0.1) is 11.3 Å². The van der Waals surface area contributed by atoms with Crippen molar-refractivity contribution < 1.29 is 14.7 Å². The Kier molecular flexibility index (Phi) is 6.40. The molecule has 4 aromatic rings. The Balaban J connectivity index is 1.30. The predicted octanol–water partition coefficient (Wildman–Crippen LogP) is 5.05. The molecule has 154 valence electrons. The van der Waals surface area contributed by atoms with Crippen LogP contribution in [0.2, 0.25) is 0 Å². The number of carbonyl (C=O) groups is 2. The molecule has 0 unspecified atom stereocenters. The van der Waals surface area contributed by atoms with Crippen molar-refractivity contribution >= 4 is 51.4 Å². The summed E-state index contributed by atoms with van der Waals surface area (Å²) in [6, 6.07) is 21.7. The molecule has 6 nitrogen and oxygen atoms in total. The summed E-state index contributed by atoms with van der Waals surface area (Å²) in [5.74, 6) is -0.533. The molecule has 0 atom stereocenters. The molecule has 0 saturated heterocycles. The number of hydrogen-bond acceptors (Lipinski definition) is 6. The van der Waals surface area contributed by atoms with Gasteiger partial charge >= 0.3 is 5.97 Å². The zero-order chi connectivity index (χ0) is 21.6. The molecule has 0 aliphatic heterocycles. The number of carbonyl (C=O) groups excluding carboxylic acids is 1. The molecule has 3 aromatic carbocycles. The lowest BCUT2D eigenvalue weighted by Gasteiger charge is -2.03. The number of carboxylic acid groups (broad SMARTS) is 1. The number of hydrazone groups is 1. The highest BCUT2D eigenvalue weighted by molar-refractivity contribution is 8.00. The van der Waals surface area contributed by atoms with Gasteiger partial charge in [0.2, 0.25) is 0 Å². The highest BCUT2D eigenvalue weighted by atomic mass is 32.2. The largest absolute Gasteiger partial charge is 0.478 e. The molecule has 0 radical (unpaired) electrons. The topological polar surface area (TPSA) is 91.6 Å². The molecule has 0 spiro atoms. The summed E-state index contributed by atoms with van der Waals surface area (Å²) < 4.78 is 2.20. The van der Waals surface area contributed by atoms with E-state index in [1.807, 2.05) is 30.3 Å². The molecule has 1 aromatic heterocycles. The van der Waals surface area contributed by atoms with E-state index in [1.54, 1.807) is 47.4 Å². The number of nitrogens with one attached hydrogen (secondary N) is 1. The summed E-state index contributed by atoms with van der Waals surface area (Å²) in [5, 5.41) is 12.8. The Morgan fingerprint density at radius 3 is 2.42 bits per heavy atom. The summed E-state index contributed by atoms with van der Waals surface area (Å²) in [7, 11) is 0. The number of thioether (sulfide) groups is 1. The SMILES string of the molecule is O=C(O)c1ccc(C=NNC(=O)c2ccc(CSc3nc4ccccc4s3)cc2)cc1. The number of rotatable bonds is 7. The van der Waals surface area contributed by atoms with E-state index in [0.29, 0.717) is 11.1 Å². The number of para-hydroxylation sites is 1. The molecule has 31 heavy (non-hydrogen) atoms. The Bertz CT molecular complexity index is 1220. The number of carboxylic acids is 1. The summed E-state index contributed by atoms with van der Waals surface area (Å²) >= 11 is 3.35. The summed E-state index contributed by atoms with van der Waals surface area (Å²) in [6.07, 6.45) is 1.46. The van der Waals surface area contributed by atoms with Crippen LogP contribution in [-0.2, 0) is 5.75 Å². The van der Waals surface area contributed by atoms with E-state index in [9.17, 15) is 9.59 Å². The standard InChI is InChI=1S/C23H17N3O3S2/c27-21(26-24-13-15-5-11-18(12-6-15)22(28)29)17-9-7-16(8-10-17)14-30-23-25-19-3-1-2-4-20(19)31-23/h1-13H,14H2,(H,26,27)(H,28,29). The molecule has 1 amide bonds. The fourth-order valence-electron chi connectivity index (χ4n) is 2.75. The maximum Gasteiger partial charge on any atom is 0.335 e. The Labute approximate surface area is 186 Å². The number of aromatic carboxylic acids is 1. The van der Waals surface area contributed by atoms with Crippen molar-refractivity contribution in [1.82, 2.24) is 10.4 Å². The van der Waals surface area contributed by atoms with Crippen LogP contribution in [0.25, 0.3) is 10.2 Å². The number of benzene rings is 3. The summed E-state index contributed by atoms with van der Waals surface area (Å²) in [5.41, 5.74) is 5.98. The van der Waals surface area contributed by atoms with Gasteiger partial charge in [-0.05, 0) is 47.5 Å². The second-order valence-corrected chi connectivity index (χ2v) is 8.81. The van der Waals surface area contributed by atoms with Crippen molar-refractivity contribution in [2.75, 3.05) is 0 Å². The van der Waals surface area contributed by atoms with E-state index in [4.69, 9.17) is 5.11 Å². The van der Waals surface area contributed by atoms with Crippen LogP contribution in [0.3, 0.4) is 0 Å². The molecule has 0 aliphatic carbocycles. The van der Waals surface area contributed by atoms with E-state index in [2.05, 4.69) is 21.6 Å². The predicted molar refractivity (Wildman–Crippen MR) is 124 cm³/mol. The molecule has 0 saturated carbocycles. The van der Waals surface area contributed by atoms with Crippen LogP contribution in [0, 0.1) is 0 Å². The van der Waals surface area contributed by atoms with E-state index in [0.717, 1.165) is 21.2 Å². The van der Waals surface area contributed by atoms with Crippen LogP contribution in [0.15, 0.2) is 82.2 Å². The summed E-state index contributed by atoms with van der Waals surface area (Å²) in [4.78, 5) is 27.7. The van der Waals surface area contributed by atoms with Crippen molar-refractivity contribution in [2.24, 2.45) is 5.10 Å². The van der Waals surface area contributed by atoms with Crippen molar-refractivity contribution in [1.29, 1.82) is 0 Å². The smallest absolute Gasteiger partial charge is 0.335 e. The normalized spacial score (nSPS) is 11.1. The maximum atomic E-state index is 12.3. The second-order valence-electron chi connectivity index (χ2n) is 6.56. The van der Waals surface area contributed by atoms with Crippen LogP contribution in [0.4, 0.5) is 0 Å². The lowest BCUT2D eigenvalue weighted by molar-refractivity contribution is 0.0696. The number of amides is 1. The molecule has 0 aliphatic rings. The number of fused-ring (bicyclic) bond motifs is 1. The van der Waals surface area contributed by atoms with Crippen LogP contribution >= 0.6 is 23.1 Å². The number of nitrogens with zero attached hydrogens (tertiary/aromatic N) is 2. The number of aromatic nitrogens is 1. The van der Waals surface area contributed by atoms with Gasteiger partial charge in [0.1, 0.15) is 0 Å². The van der Waals surface area contributed by atoms with Gasteiger partial charge in [0.05, 0.1) is 22.0 Å². The molecule has 0 bridgehead atoms. The van der Waals surface area contributed by atoms with Gasteiger partial charge in [0.25, 0.3) is 5.91 Å². The van der Waals surface area contributed by atoms with Crippen molar-refractivity contribution in [3.8, 4) is 0 Å². The van der Waals surface area contributed by atoms with Crippen molar-refractivity contribution in [3.63, 3.8) is 0 Å². The quantitative estimate of drug-likeness (QED) is 0.235. The fraction of sp³-hybridized carbons (Fsp3) is 0.0435. The van der Waals surface area contributed by atoms with E-state index < -0.39 is 5.97 Å². The highest BCUT2D eigenvalue weighted by Gasteiger charge is 2.07. The molecular weight excluding hydrogens is 430 g/mol. The second kappa shape index (κ2) is 9.55. The van der Waals surface area contributed by atoms with Crippen molar-refractivity contribution in [3.05, 3.63) is 95.1 Å². The van der Waals surface area contributed by atoms with Crippen LogP contribution in [-0.4, -0.2) is 28.2 Å². The first-order valence-electron chi connectivity index (χ1n) is 9.32. The number of thiazole rings is 1. The Morgan fingerprint density at radius 2 is 1.71 bits per heavy atom. The third-order valence-corrected chi connectivity index (χ3v) is 6.64. The van der Waals surface area contributed by atoms with Crippen molar-refractivity contribution in [2.45, 2.75) is 10.1 Å². The zero-order valence-electron chi connectivity index (χ0n) is 16.2. The molecule has 0 fully saturated rings. The lowest BCUT2D eigenvalue weighted by Crippen LogP contribution is -2.17. The Hall–Kier alpha value is -3.49. The maximum absolute atomic E-state index is 12.3. The summed E-state index contributed by atoms with van der Waals surface area (Å²) in [6.45, 7) is 0. The molecule has 2 N–H and O–H groups in total. The lowest BCUT2D eigenvalue weighted by atomic mass is 10.1. The number of hydrogen-bond donors (Lipinski definition) is 2. The third kappa shape index (κ3) is 5.36. The van der Waals surface area contributed by atoms with Gasteiger partial charge in [-0.2, -0.15) is 5.10 Å². The highest BCUT2D eigenvalue weighted by Crippen LogP contribution is 2.31. The minimum Gasteiger partial charge on any atom is -0.478 e. The molecular formula is C23H17N3O3S2. The van der Waals surface area contributed by atoms with Crippen LogP contribution in [0.1, 0.15) is 31.8 Å². The monoisotopic (exact) mass is 447 g/mol. The minimum absolute atomic E-state index is 0.197. The van der Waals surface area contributed by atoms with E-state index in [-0.39, 0.29) is 11.5 Å². The molecule has 1 heterocycles. The van der Waals surface area contributed by atoms with Gasteiger partial charge in [-0.3, -0.25) is 4.79 Å². The molecule has 8 heteroatoms. The van der Waals surface area contributed by atoms with Gasteiger partial charge in [-0.1, -0.05) is 48.2 Å². The third-order valence-electron chi connectivity index (χ3n) is 4.39. The average molecular weight is 448 g/mol. The van der Waals surface area contributed by atoms with Crippen LogP contribution in [0.5, 0.6) is 0 Å². The van der Waals surface area contributed by atoms with Gasteiger partial charge < -0.3 is 5.11 Å². The van der Waals surface area contributed by atoms with Gasteiger partial charge in [0.15, 0.2) is 4.34 Å². The fourth-order valence-corrected chi connectivity index (χ4v) is 4.78. The Morgan fingerprint density at radius 1 is 1.00 bits per heavy atom. The van der Waals surface area contributed by atoms with E-state index >= 15 is 0 Å². The van der Waals surface area contributed by atoms with Gasteiger partial charge in [-0.25, -0.2) is 15.2 Å². The first-order valence-corrected chi connectivity index (χ1v) is 11.1. The minimum atomic E-state index is -0.987. The average Bonchev–Trinajstić information content (AvgIpc) is 3.21. The molecule has 4 rings (SSSR count). The van der Waals surface area contributed by atoms with Crippen LogP contribution < -0.4 is 5.43 Å². The first-order chi connectivity index (χ1) is 15.1. The van der Waals surface area contributed by atoms with E-state index in [1.165, 1.54) is 23.0 Å². The van der Waals surface area contributed by atoms with Gasteiger partial charge in [0, 0.05) is 11.3 Å². The zero-order valence-corrected chi connectivity index (χ0v) is 17.8. The first kappa shape index (κ1) is 20.8.